The molecular weight excluding hydrogens is 432 g/mol. The molecule has 3 rings (SSSR count). The predicted molar refractivity (Wildman–Crippen MR) is 133 cm³/mol. The number of nitrogens with zero attached hydrogens (tertiary/aromatic N) is 2. The van der Waals surface area contributed by atoms with Crippen LogP contribution in [0.5, 0.6) is 0 Å². The average Bonchev–Trinajstić information content (AvgIpc) is 3.34. The van der Waals surface area contributed by atoms with Crippen LogP contribution in [-0.2, 0) is 22.6 Å². The Morgan fingerprint density at radius 3 is 2.33 bits per heavy atom. The molecule has 0 spiro atoms. The summed E-state index contributed by atoms with van der Waals surface area (Å²) in [6.45, 7) is 6.67. The van der Waals surface area contributed by atoms with Crippen LogP contribution in [0.3, 0.4) is 0 Å². The molecule has 5 nitrogen and oxygen atoms in total. The summed E-state index contributed by atoms with van der Waals surface area (Å²) in [5.41, 5.74) is 2.75. The Balaban J connectivity index is 1.76. The van der Waals surface area contributed by atoms with Crippen molar-refractivity contribution >= 4 is 23.2 Å². The zero-order valence-electron chi connectivity index (χ0n) is 19.4. The molecule has 0 saturated carbocycles. The van der Waals surface area contributed by atoms with Gasteiger partial charge in [-0.2, -0.15) is 0 Å². The lowest BCUT2D eigenvalue weighted by atomic mass is 10.1. The monoisotopic (exact) mass is 464 g/mol. The van der Waals surface area contributed by atoms with Gasteiger partial charge in [-0.05, 0) is 49.4 Å². The minimum Gasteiger partial charge on any atom is -0.382 e. The predicted octanol–water partition coefficient (Wildman–Crippen LogP) is 5.15. The molecule has 6 heteroatoms. The molecule has 2 amide bonds. The van der Waals surface area contributed by atoms with Gasteiger partial charge in [-0.3, -0.25) is 9.59 Å². The first-order valence-electron chi connectivity index (χ1n) is 11.3. The molecule has 0 N–H and O–H groups in total. The van der Waals surface area contributed by atoms with Crippen LogP contribution >= 0.6 is 11.3 Å². The fraction of sp³-hybridized carbons (Fsp3) is 0.333. The van der Waals surface area contributed by atoms with Crippen molar-refractivity contribution in [2.45, 2.75) is 33.4 Å². The van der Waals surface area contributed by atoms with Crippen LogP contribution in [0, 0.1) is 6.92 Å². The van der Waals surface area contributed by atoms with Gasteiger partial charge in [0.2, 0.25) is 5.91 Å². The van der Waals surface area contributed by atoms with Gasteiger partial charge >= 0.3 is 0 Å². The molecule has 1 heterocycles. The Bertz CT molecular complexity index is 988. The molecule has 0 atom stereocenters. The third-order valence-electron chi connectivity index (χ3n) is 5.33. The van der Waals surface area contributed by atoms with Crippen LogP contribution in [0.4, 0.5) is 0 Å². The largest absolute Gasteiger partial charge is 0.382 e. The molecule has 0 unspecified atom stereocenters. The van der Waals surface area contributed by atoms with Crippen molar-refractivity contribution in [3.05, 3.63) is 93.7 Å². The van der Waals surface area contributed by atoms with Crippen LogP contribution in [-0.4, -0.2) is 47.9 Å². The Labute approximate surface area is 200 Å². The Morgan fingerprint density at radius 1 is 0.909 bits per heavy atom. The van der Waals surface area contributed by atoms with Crippen molar-refractivity contribution in [1.29, 1.82) is 0 Å². The van der Waals surface area contributed by atoms with Gasteiger partial charge in [-0.15, -0.1) is 11.3 Å². The van der Waals surface area contributed by atoms with E-state index >= 15 is 0 Å². The highest BCUT2D eigenvalue weighted by Gasteiger charge is 2.23. The maximum atomic E-state index is 13.5. The van der Waals surface area contributed by atoms with E-state index in [4.69, 9.17) is 4.74 Å². The fourth-order valence-electron chi connectivity index (χ4n) is 3.52. The van der Waals surface area contributed by atoms with E-state index in [1.54, 1.807) is 16.2 Å². The molecule has 0 radical (unpaired) electrons. The topological polar surface area (TPSA) is 49.9 Å². The van der Waals surface area contributed by atoms with E-state index in [0.29, 0.717) is 44.8 Å². The molecule has 33 heavy (non-hydrogen) atoms. The van der Waals surface area contributed by atoms with Crippen LogP contribution < -0.4 is 0 Å². The third-order valence-corrected chi connectivity index (χ3v) is 6.19. The number of benzene rings is 2. The van der Waals surface area contributed by atoms with Gasteiger partial charge in [0.05, 0.1) is 6.54 Å². The van der Waals surface area contributed by atoms with E-state index in [1.807, 2.05) is 90.9 Å². The summed E-state index contributed by atoms with van der Waals surface area (Å²) in [6.07, 6.45) is 0.683. The molecule has 0 aliphatic heterocycles. The lowest BCUT2D eigenvalue weighted by molar-refractivity contribution is -0.133. The smallest absolute Gasteiger partial charge is 0.254 e. The summed E-state index contributed by atoms with van der Waals surface area (Å²) in [4.78, 5) is 31.3. The van der Waals surface area contributed by atoms with E-state index in [-0.39, 0.29) is 18.4 Å². The van der Waals surface area contributed by atoms with Gasteiger partial charge in [0.25, 0.3) is 5.91 Å². The molecule has 3 aromatic rings. The van der Waals surface area contributed by atoms with Gasteiger partial charge in [0.15, 0.2) is 0 Å². The van der Waals surface area contributed by atoms with E-state index < -0.39 is 0 Å². The number of carbonyl (C=O) groups excluding carboxylic acids is 2. The SMILES string of the molecule is CCOCCCN(CC(=O)N(Cc1ccccc1)Cc1cccs1)C(=O)c1ccc(C)cc1. The first-order valence-corrected chi connectivity index (χ1v) is 12.2. The van der Waals surface area contributed by atoms with Gasteiger partial charge in [-0.25, -0.2) is 0 Å². The Hall–Kier alpha value is -2.96. The lowest BCUT2D eigenvalue weighted by Crippen LogP contribution is -2.43. The van der Waals surface area contributed by atoms with Crippen molar-refractivity contribution in [3.8, 4) is 0 Å². The zero-order chi connectivity index (χ0) is 23.5. The minimum absolute atomic E-state index is 0.0387. The standard InChI is InChI=1S/C27H32N2O3S/c1-3-32-17-8-16-28(27(31)24-14-12-22(2)13-15-24)21-26(30)29(20-25-11-7-18-33-25)19-23-9-5-4-6-10-23/h4-7,9-15,18H,3,8,16-17,19-21H2,1-2H3. The first-order chi connectivity index (χ1) is 16.1. The summed E-state index contributed by atoms with van der Waals surface area (Å²) in [5.74, 6) is -0.195. The maximum absolute atomic E-state index is 13.5. The molecule has 0 saturated heterocycles. The Kier molecular flexibility index (Phi) is 9.66. The van der Waals surface area contributed by atoms with Crippen molar-refractivity contribution in [3.63, 3.8) is 0 Å². The van der Waals surface area contributed by atoms with E-state index in [0.717, 1.165) is 16.0 Å². The summed E-state index contributed by atoms with van der Waals surface area (Å²) in [5, 5.41) is 2.02. The second-order valence-electron chi connectivity index (χ2n) is 7.96. The highest BCUT2D eigenvalue weighted by atomic mass is 32.1. The highest BCUT2D eigenvalue weighted by Crippen LogP contribution is 2.16. The summed E-state index contributed by atoms with van der Waals surface area (Å²) in [6, 6.07) is 21.5. The van der Waals surface area contributed by atoms with Crippen LogP contribution in [0.15, 0.2) is 72.1 Å². The van der Waals surface area contributed by atoms with Crippen molar-refractivity contribution < 1.29 is 14.3 Å². The molecule has 2 aromatic carbocycles. The quantitative estimate of drug-likeness (QED) is 0.348. The number of rotatable bonds is 12. The molecule has 1 aromatic heterocycles. The van der Waals surface area contributed by atoms with Crippen molar-refractivity contribution in [2.24, 2.45) is 0 Å². The van der Waals surface area contributed by atoms with E-state index in [9.17, 15) is 9.59 Å². The number of hydrogen-bond donors (Lipinski definition) is 0. The van der Waals surface area contributed by atoms with E-state index in [1.165, 1.54) is 0 Å². The van der Waals surface area contributed by atoms with Crippen LogP contribution in [0.25, 0.3) is 0 Å². The molecule has 0 aliphatic rings. The normalized spacial score (nSPS) is 10.7. The summed E-state index contributed by atoms with van der Waals surface area (Å²) >= 11 is 1.63. The number of carbonyl (C=O) groups is 2. The van der Waals surface area contributed by atoms with E-state index in [2.05, 4.69) is 0 Å². The summed E-state index contributed by atoms with van der Waals surface area (Å²) < 4.78 is 5.45. The Morgan fingerprint density at radius 2 is 1.67 bits per heavy atom. The number of hydrogen-bond acceptors (Lipinski definition) is 4. The van der Waals surface area contributed by atoms with Gasteiger partial charge in [0, 0.05) is 36.7 Å². The molecule has 174 valence electrons. The second kappa shape index (κ2) is 12.9. The van der Waals surface area contributed by atoms with Crippen LogP contribution in [0.2, 0.25) is 0 Å². The number of amides is 2. The lowest BCUT2D eigenvalue weighted by Gasteiger charge is -2.28. The average molecular weight is 465 g/mol. The van der Waals surface area contributed by atoms with Gasteiger partial charge < -0.3 is 14.5 Å². The van der Waals surface area contributed by atoms with Gasteiger partial charge in [0.1, 0.15) is 6.54 Å². The zero-order valence-corrected chi connectivity index (χ0v) is 20.2. The fourth-order valence-corrected chi connectivity index (χ4v) is 4.24. The minimum atomic E-state index is -0.129. The van der Waals surface area contributed by atoms with Crippen molar-refractivity contribution in [2.75, 3.05) is 26.3 Å². The highest BCUT2D eigenvalue weighted by molar-refractivity contribution is 7.09. The van der Waals surface area contributed by atoms with Crippen molar-refractivity contribution in [1.82, 2.24) is 9.80 Å². The van der Waals surface area contributed by atoms with Gasteiger partial charge in [-0.1, -0.05) is 54.1 Å². The second-order valence-corrected chi connectivity index (χ2v) is 8.99. The number of thiophene rings is 1. The number of aryl methyl sites for hydroxylation is 1. The molecule has 0 aliphatic carbocycles. The maximum Gasteiger partial charge on any atom is 0.254 e. The third kappa shape index (κ3) is 7.84. The molecular formula is C27H32N2O3S. The molecule has 0 fully saturated rings. The first kappa shape index (κ1) is 24.7. The summed E-state index contributed by atoms with van der Waals surface area (Å²) in [7, 11) is 0. The molecule has 0 bridgehead atoms. The number of ether oxygens (including phenoxy) is 1. The van der Waals surface area contributed by atoms with Crippen LogP contribution in [0.1, 0.15) is 39.7 Å².